The molecule has 0 aliphatic heterocycles. The van der Waals surface area contributed by atoms with Crippen LogP contribution in [0.15, 0.2) is 133 Å². The summed E-state index contributed by atoms with van der Waals surface area (Å²) in [6.45, 7) is 4.80. The van der Waals surface area contributed by atoms with Crippen molar-refractivity contribution in [3.8, 4) is 33.4 Å². The molecule has 8 rings (SSSR count). The van der Waals surface area contributed by atoms with E-state index in [-0.39, 0.29) is 5.41 Å². The predicted molar refractivity (Wildman–Crippen MR) is 167 cm³/mol. The third-order valence-corrected chi connectivity index (χ3v) is 8.81. The van der Waals surface area contributed by atoms with E-state index in [9.17, 15) is 0 Å². The monoisotopic (exact) mass is 496 g/mol. The van der Waals surface area contributed by atoms with Gasteiger partial charge in [0.25, 0.3) is 0 Å². The molecule has 0 aromatic heterocycles. The summed E-state index contributed by atoms with van der Waals surface area (Å²) >= 11 is 0. The molecule has 7 aromatic carbocycles. The minimum Gasteiger partial charge on any atom is -0.0622 e. The first-order valence-electron chi connectivity index (χ1n) is 13.8. The van der Waals surface area contributed by atoms with E-state index in [0.717, 1.165) is 0 Å². The van der Waals surface area contributed by atoms with Crippen LogP contribution in [0.1, 0.15) is 25.0 Å². The summed E-state index contributed by atoms with van der Waals surface area (Å²) in [7, 11) is 0. The SMILES string of the molecule is CC1(C)c2ccccc2-c2ccc3c(-c4ccc5ccccc5c4)c4ccccc4c(-c4ccccc4)c3c21. The molecule has 0 amide bonds. The molecule has 0 atom stereocenters. The van der Waals surface area contributed by atoms with Gasteiger partial charge in [0.2, 0.25) is 0 Å². The van der Waals surface area contributed by atoms with Gasteiger partial charge in [-0.1, -0.05) is 141 Å². The molecule has 0 spiro atoms. The quantitative estimate of drug-likeness (QED) is 0.209. The van der Waals surface area contributed by atoms with Crippen molar-refractivity contribution in [2.75, 3.05) is 0 Å². The molecule has 7 aromatic rings. The Labute approximate surface area is 229 Å². The Kier molecular flexibility index (Phi) is 4.67. The average Bonchev–Trinajstić information content (AvgIpc) is 3.22. The number of hydrogen-bond acceptors (Lipinski definition) is 0. The molecule has 0 fully saturated rings. The van der Waals surface area contributed by atoms with Crippen molar-refractivity contribution in [2.45, 2.75) is 19.3 Å². The Morgan fingerprint density at radius 1 is 0.436 bits per heavy atom. The standard InChI is InChI=1S/C39H28/c1-39(2)34-19-11-10-16-29(34)32-22-23-33-35(28-21-20-25-12-6-7-15-27(25)24-28)30-17-8-9-18-31(30)36(37(33)38(32)39)26-13-4-3-5-14-26/h3-24H,1-2H3. The highest BCUT2D eigenvalue weighted by atomic mass is 14.4. The zero-order valence-corrected chi connectivity index (χ0v) is 22.2. The molecule has 0 saturated heterocycles. The fraction of sp³-hybridized carbons (Fsp3) is 0.0769. The maximum atomic E-state index is 2.40. The van der Waals surface area contributed by atoms with Crippen LogP contribution in [0.5, 0.6) is 0 Å². The lowest BCUT2D eigenvalue weighted by Gasteiger charge is -2.27. The molecule has 39 heavy (non-hydrogen) atoms. The van der Waals surface area contributed by atoms with Crippen LogP contribution < -0.4 is 0 Å². The Bertz CT molecular complexity index is 2080. The topological polar surface area (TPSA) is 0 Å². The lowest BCUT2D eigenvalue weighted by Crippen LogP contribution is -2.16. The van der Waals surface area contributed by atoms with E-state index >= 15 is 0 Å². The largest absolute Gasteiger partial charge is 0.0622 e. The van der Waals surface area contributed by atoms with Crippen LogP contribution in [0.4, 0.5) is 0 Å². The molecule has 0 saturated carbocycles. The van der Waals surface area contributed by atoms with Crippen LogP contribution >= 0.6 is 0 Å². The van der Waals surface area contributed by atoms with E-state index in [1.165, 1.54) is 76.8 Å². The summed E-state index contributed by atoms with van der Waals surface area (Å²) in [5, 5.41) is 7.85. The molecular weight excluding hydrogens is 468 g/mol. The van der Waals surface area contributed by atoms with Crippen molar-refractivity contribution in [2.24, 2.45) is 0 Å². The van der Waals surface area contributed by atoms with E-state index in [4.69, 9.17) is 0 Å². The van der Waals surface area contributed by atoms with E-state index in [1.807, 2.05) is 0 Å². The van der Waals surface area contributed by atoms with Crippen LogP contribution in [0, 0.1) is 0 Å². The fourth-order valence-electron chi connectivity index (χ4n) is 7.10. The minimum absolute atomic E-state index is 0.113. The summed E-state index contributed by atoms with van der Waals surface area (Å²) in [6, 6.07) is 49.3. The van der Waals surface area contributed by atoms with Gasteiger partial charge in [0, 0.05) is 5.41 Å². The molecular formula is C39H28. The minimum atomic E-state index is -0.113. The van der Waals surface area contributed by atoms with Gasteiger partial charge in [-0.2, -0.15) is 0 Å². The van der Waals surface area contributed by atoms with Gasteiger partial charge in [-0.05, 0) is 82.9 Å². The van der Waals surface area contributed by atoms with E-state index in [2.05, 4.69) is 147 Å². The molecule has 0 bridgehead atoms. The van der Waals surface area contributed by atoms with Crippen LogP contribution in [-0.2, 0) is 5.41 Å². The van der Waals surface area contributed by atoms with Crippen molar-refractivity contribution < 1.29 is 0 Å². The molecule has 0 heterocycles. The molecule has 0 N–H and O–H groups in total. The van der Waals surface area contributed by atoms with Crippen molar-refractivity contribution in [1.82, 2.24) is 0 Å². The highest BCUT2D eigenvalue weighted by Gasteiger charge is 2.38. The van der Waals surface area contributed by atoms with Gasteiger partial charge in [0.1, 0.15) is 0 Å². The van der Waals surface area contributed by atoms with Gasteiger partial charge in [-0.15, -0.1) is 0 Å². The van der Waals surface area contributed by atoms with Crippen molar-refractivity contribution in [3.63, 3.8) is 0 Å². The first-order chi connectivity index (χ1) is 19.1. The number of hydrogen-bond donors (Lipinski definition) is 0. The van der Waals surface area contributed by atoms with Gasteiger partial charge in [-0.3, -0.25) is 0 Å². The summed E-state index contributed by atoms with van der Waals surface area (Å²) in [6.07, 6.45) is 0. The number of fused-ring (bicyclic) bond motifs is 7. The Morgan fingerprint density at radius 2 is 1.10 bits per heavy atom. The van der Waals surface area contributed by atoms with Crippen molar-refractivity contribution >= 4 is 32.3 Å². The third-order valence-electron chi connectivity index (χ3n) is 8.81. The predicted octanol–water partition coefficient (Wildman–Crippen LogP) is 10.8. The van der Waals surface area contributed by atoms with E-state index < -0.39 is 0 Å². The average molecular weight is 497 g/mol. The first kappa shape index (κ1) is 22.3. The summed E-state index contributed by atoms with van der Waals surface area (Å²) in [5.74, 6) is 0. The molecule has 0 radical (unpaired) electrons. The Morgan fingerprint density at radius 3 is 1.92 bits per heavy atom. The van der Waals surface area contributed by atoms with Crippen LogP contribution in [0.3, 0.4) is 0 Å². The van der Waals surface area contributed by atoms with Crippen LogP contribution in [0.2, 0.25) is 0 Å². The Hall–Kier alpha value is -4.68. The van der Waals surface area contributed by atoms with Crippen LogP contribution in [-0.4, -0.2) is 0 Å². The molecule has 0 nitrogen and oxygen atoms in total. The normalized spacial score (nSPS) is 13.6. The second-order valence-corrected chi connectivity index (χ2v) is 11.3. The number of benzene rings is 7. The van der Waals surface area contributed by atoms with E-state index in [1.54, 1.807) is 0 Å². The zero-order chi connectivity index (χ0) is 26.1. The van der Waals surface area contributed by atoms with Crippen LogP contribution in [0.25, 0.3) is 65.7 Å². The number of rotatable bonds is 2. The lowest BCUT2D eigenvalue weighted by molar-refractivity contribution is 0.666. The molecule has 0 heteroatoms. The summed E-state index contributed by atoms with van der Waals surface area (Å²) in [4.78, 5) is 0. The van der Waals surface area contributed by atoms with Gasteiger partial charge in [0.05, 0.1) is 0 Å². The van der Waals surface area contributed by atoms with Gasteiger partial charge < -0.3 is 0 Å². The second-order valence-electron chi connectivity index (χ2n) is 11.3. The first-order valence-corrected chi connectivity index (χ1v) is 13.8. The molecule has 1 aliphatic rings. The van der Waals surface area contributed by atoms with Crippen molar-refractivity contribution in [1.29, 1.82) is 0 Å². The van der Waals surface area contributed by atoms with E-state index in [0.29, 0.717) is 0 Å². The lowest BCUT2D eigenvalue weighted by atomic mass is 9.76. The highest BCUT2D eigenvalue weighted by Crippen LogP contribution is 2.55. The summed E-state index contributed by atoms with van der Waals surface area (Å²) in [5.41, 5.74) is 10.6. The molecule has 1 aliphatic carbocycles. The van der Waals surface area contributed by atoms with Gasteiger partial charge in [-0.25, -0.2) is 0 Å². The fourth-order valence-corrected chi connectivity index (χ4v) is 7.10. The maximum absolute atomic E-state index is 2.40. The smallest absolute Gasteiger partial charge is 0.0165 e. The van der Waals surface area contributed by atoms with Gasteiger partial charge in [0.15, 0.2) is 0 Å². The molecule has 0 unspecified atom stereocenters. The zero-order valence-electron chi connectivity index (χ0n) is 22.2. The molecule has 184 valence electrons. The third kappa shape index (κ3) is 3.12. The maximum Gasteiger partial charge on any atom is 0.0165 e. The van der Waals surface area contributed by atoms with Crippen molar-refractivity contribution in [3.05, 3.63) is 145 Å². The highest BCUT2D eigenvalue weighted by molar-refractivity contribution is 6.24. The Balaban J connectivity index is 1.61. The summed E-state index contributed by atoms with van der Waals surface area (Å²) < 4.78 is 0. The van der Waals surface area contributed by atoms with Gasteiger partial charge >= 0.3 is 0 Å². The second kappa shape index (κ2) is 8.16.